The van der Waals surface area contributed by atoms with Crippen LogP contribution in [0, 0.1) is 0 Å². The lowest BCUT2D eigenvalue weighted by Gasteiger charge is -1.88. The highest BCUT2D eigenvalue weighted by atomic mass is 16.1. The monoisotopic (exact) mass is 118 g/mol. The van der Waals surface area contributed by atoms with Crippen LogP contribution in [0.1, 0.15) is 6.42 Å². The highest BCUT2D eigenvalue weighted by Gasteiger charge is 2.17. The van der Waals surface area contributed by atoms with Gasteiger partial charge in [0.25, 0.3) is 0 Å². The van der Waals surface area contributed by atoms with E-state index >= 15 is 0 Å². The van der Waals surface area contributed by atoms with Crippen LogP contribution in [0.15, 0.2) is 35.5 Å². The van der Waals surface area contributed by atoms with E-state index in [0.717, 1.165) is 17.6 Å². The molecule has 0 amide bonds. The molecule has 0 atom stereocenters. The summed E-state index contributed by atoms with van der Waals surface area (Å²) in [4.78, 5) is 10.9. The van der Waals surface area contributed by atoms with E-state index in [2.05, 4.69) is 0 Å². The lowest BCUT2D eigenvalue weighted by atomic mass is 10.1. The minimum absolute atomic E-state index is 0.190. The number of hydrogen-bond acceptors (Lipinski definition) is 1. The summed E-state index contributed by atoms with van der Waals surface area (Å²) in [5.74, 6) is 0.190. The second kappa shape index (κ2) is 1.44. The van der Waals surface area contributed by atoms with Crippen molar-refractivity contribution in [1.29, 1.82) is 0 Å². The molecule has 2 aliphatic rings. The number of carbonyl (C=O) groups is 1. The van der Waals surface area contributed by atoms with Gasteiger partial charge in [0.2, 0.25) is 0 Å². The second-order valence-electron chi connectivity index (χ2n) is 2.24. The molecule has 2 rings (SSSR count). The van der Waals surface area contributed by atoms with Crippen LogP contribution in [0.3, 0.4) is 0 Å². The molecular weight excluding hydrogens is 112 g/mol. The summed E-state index contributed by atoms with van der Waals surface area (Å²) in [5.41, 5.74) is 2.08. The molecule has 0 saturated heterocycles. The van der Waals surface area contributed by atoms with Crippen LogP contribution in [-0.4, -0.2) is 5.78 Å². The molecule has 0 fully saturated rings. The van der Waals surface area contributed by atoms with Crippen LogP contribution in [0.2, 0.25) is 0 Å². The number of rotatable bonds is 0. The van der Waals surface area contributed by atoms with Crippen LogP contribution in [0.25, 0.3) is 0 Å². The predicted molar refractivity (Wildman–Crippen MR) is 34.9 cm³/mol. The summed E-state index contributed by atoms with van der Waals surface area (Å²) in [5, 5.41) is 0. The van der Waals surface area contributed by atoms with Gasteiger partial charge in [0.1, 0.15) is 0 Å². The van der Waals surface area contributed by atoms with Gasteiger partial charge in [0.05, 0.1) is 0 Å². The van der Waals surface area contributed by atoms with Gasteiger partial charge in [-0.05, 0) is 18.1 Å². The van der Waals surface area contributed by atoms with Crippen molar-refractivity contribution in [3.8, 4) is 0 Å². The smallest absolute Gasteiger partial charge is 0.182 e. The Morgan fingerprint density at radius 2 is 2.11 bits per heavy atom. The summed E-state index contributed by atoms with van der Waals surface area (Å²) in [6.07, 6.45) is 8.36. The quantitative estimate of drug-likeness (QED) is 0.469. The van der Waals surface area contributed by atoms with Crippen LogP contribution >= 0.6 is 0 Å². The van der Waals surface area contributed by atoms with E-state index in [0.29, 0.717) is 0 Å². The molecule has 0 bridgehead atoms. The Balaban J connectivity index is 2.52. The summed E-state index contributed by atoms with van der Waals surface area (Å²) in [7, 11) is 0. The van der Waals surface area contributed by atoms with E-state index < -0.39 is 0 Å². The molecule has 2 aliphatic carbocycles. The maximum atomic E-state index is 10.9. The molecule has 0 aromatic carbocycles. The lowest BCUT2D eigenvalue weighted by molar-refractivity contribution is -0.111. The Bertz CT molecular complexity index is 254. The van der Waals surface area contributed by atoms with Crippen LogP contribution < -0.4 is 0 Å². The molecular formula is C8H6O. The Kier molecular flexibility index (Phi) is 0.758. The van der Waals surface area contributed by atoms with E-state index in [1.54, 1.807) is 6.08 Å². The predicted octanol–water partition coefficient (Wildman–Crippen LogP) is 1.38. The number of ketones is 1. The second-order valence-corrected chi connectivity index (χ2v) is 2.24. The highest BCUT2D eigenvalue weighted by Crippen LogP contribution is 2.25. The van der Waals surface area contributed by atoms with Crippen molar-refractivity contribution in [1.82, 2.24) is 0 Å². The van der Waals surface area contributed by atoms with Gasteiger partial charge < -0.3 is 0 Å². The van der Waals surface area contributed by atoms with Crippen molar-refractivity contribution in [3.05, 3.63) is 35.5 Å². The van der Waals surface area contributed by atoms with Crippen molar-refractivity contribution < 1.29 is 4.79 Å². The Morgan fingerprint density at radius 3 is 2.89 bits per heavy atom. The molecule has 0 heterocycles. The largest absolute Gasteiger partial charge is 0.290 e. The van der Waals surface area contributed by atoms with E-state index in [9.17, 15) is 4.79 Å². The first-order valence-electron chi connectivity index (χ1n) is 3.00. The van der Waals surface area contributed by atoms with Gasteiger partial charge in [-0.3, -0.25) is 4.79 Å². The fraction of sp³-hybridized carbons (Fsp3) is 0.125. The maximum Gasteiger partial charge on any atom is 0.182 e. The third-order valence-corrected chi connectivity index (χ3v) is 1.68. The van der Waals surface area contributed by atoms with Gasteiger partial charge in [-0.1, -0.05) is 18.2 Å². The third-order valence-electron chi connectivity index (χ3n) is 1.68. The Hall–Kier alpha value is -1.11. The average molecular weight is 118 g/mol. The molecule has 0 N–H and O–H groups in total. The summed E-state index contributed by atoms with van der Waals surface area (Å²) >= 11 is 0. The molecule has 0 saturated carbocycles. The minimum atomic E-state index is 0.190. The van der Waals surface area contributed by atoms with Gasteiger partial charge >= 0.3 is 0 Å². The van der Waals surface area contributed by atoms with E-state index in [4.69, 9.17) is 0 Å². The average Bonchev–Trinajstić information content (AvgIpc) is 2.35. The minimum Gasteiger partial charge on any atom is -0.290 e. The van der Waals surface area contributed by atoms with Gasteiger partial charge in [0.15, 0.2) is 5.78 Å². The molecule has 0 spiro atoms. The van der Waals surface area contributed by atoms with Crippen molar-refractivity contribution in [2.24, 2.45) is 0 Å². The Labute approximate surface area is 53.4 Å². The number of allylic oxidation sites excluding steroid dienone is 6. The molecule has 0 aromatic heterocycles. The fourth-order valence-corrected chi connectivity index (χ4v) is 1.19. The molecule has 9 heavy (non-hydrogen) atoms. The Morgan fingerprint density at radius 1 is 1.22 bits per heavy atom. The van der Waals surface area contributed by atoms with Crippen molar-refractivity contribution >= 4 is 5.78 Å². The van der Waals surface area contributed by atoms with Crippen LogP contribution in [0.4, 0.5) is 0 Å². The van der Waals surface area contributed by atoms with Crippen molar-refractivity contribution in [2.75, 3.05) is 0 Å². The standard InChI is InChI=1S/C8H6O/c9-8-5-4-6-2-1-3-7(6)8/h1-2,4-5H,3H2. The van der Waals surface area contributed by atoms with Crippen LogP contribution in [0.5, 0.6) is 0 Å². The third kappa shape index (κ3) is 0.515. The topological polar surface area (TPSA) is 17.1 Å². The van der Waals surface area contributed by atoms with Gasteiger partial charge in [-0.15, -0.1) is 0 Å². The summed E-state index contributed by atoms with van der Waals surface area (Å²) < 4.78 is 0. The van der Waals surface area contributed by atoms with Crippen molar-refractivity contribution in [3.63, 3.8) is 0 Å². The zero-order chi connectivity index (χ0) is 6.27. The van der Waals surface area contributed by atoms with Crippen molar-refractivity contribution in [2.45, 2.75) is 6.42 Å². The zero-order valence-corrected chi connectivity index (χ0v) is 4.92. The first-order chi connectivity index (χ1) is 4.38. The number of carbonyl (C=O) groups excluding carboxylic acids is 1. The zero-order valence-electron chi connectivity index (χ0n) is 4.92. The molecule has 44 valence electrons. The SMILES string of the molecule is O=C1C=CC2=C1CC=C2. The molecule has 0 aliphatic heterocycles. The summed E-state index contributed by atoms with van der Waals surface area (Å²) in [6, 6.07) is 0. The van der Waals surface area contributed by atoms with E-state index in [1.165, 1.54) is 0 Å². The van der Waals surface area contributed by atoms with Gasteiger partial charge in [0, 0.05) is 5.57 Å². The normalized spacial score (nSPS) is 22.0. The first-order valence-corrected chi connectivity index (χ1v) is 3.00. The van der Waals surface area contributed by atoms with Crippen LogP contribution in [-0.2, 0) is 4.79 Å². The molecule has 1 nitrogen and oxygen atoms in total. The number of hydrogen-bond donors (Lipinski definition) is 0. The van der Waals surface area contributed by atoms with Gasteiger partial charge in [-0.2, -0.15) is 0 Å². The molecule has 0 unspecified atom stereocenters. The molecule has 0 aromatic rings. The van der Waals surface area contributed by atoms with E-state index in [1.807, 2.05) is 18.2 Å². The fourth-order valence-electron chi connectivity index (χ4n) is 1.19. The lowest BCUT2D eigenvalue weighted by Crippen LogP contribution is -1.90. The highest BCUT2D eigenvalue weighted by molar-refractivity contribution is 6.09. The van der Waals surface area contributed by atoms with Gasteiger partial charge in [-0.25, -0.2) is 0 Å². The van der Waals surface area contributed by atoms with E-state index in [-0.39, 0.29) is 5.78 Å². The molecule has 0 radical (unpaired) electrons. The maximum absolute atomic E-state index is 10.9. The summed E-state index contributed by atoms with van der Waals surface area (Å²) in [6.45, 7) is 0. The first kappa shape index (κ1) is 4.74. The molecule has 1 heteroatoms.